The molecule has 0 spiro atoms. The Balaban J connectivity index is 1.30. The Morgan fingerprint density at radius 2 is 1.74 bits per heavy atom. The average molecular weight is 658 g/mol. The maximum absolute atomic E-state index is 15.6. The van der Waals surface area contributed by atoms with Crippen molar-refractivity contribution in [1.29, 1.82) is 0 Å². The molecule has 0 bridgehead atoms. The highest BCUT2D eigenvalue weighted by Crippen LogP contribution is 2.41. The number of alkyl halides is 3. The lowest BCUT2D eigenvalue weighted by molar-refractivity contribution is -0.147. The minimum absolute atomic E-state index is 0.0254. The van der Waals surface area contributed by atoms with Gasteiger partial charge in [-0.05, 0) is 37.3 Å². The molecule has 47 heavy (non-hydrogen) atoms. The standard InChI is InChI=1S/C32H35F4N7O4/c1-4-26(44)41-12-9-39-8-10-40(30(46)24(39)18-41)11-13-42-17-20-15-27(45)43(25-16-21(32(34,35)36)14-19(2)37-25)28(20)31(47)38(3)23-7-5-6-22(33)29(23)42/h4-7,14,16,20,24,28H,1,8-13,15,17-18H2,2-3H3/t20-,24-,28+/m1/s1. The van der Waals surface area contributed by atoms with Crippen molar-refractivity contribution in [3.63, 3.8) is 0 Å². The maximum atomic E-state index is 15.6. The van der Waals surface area contributed by atoms with Crippen molar-refractivity contribution in [3.05, 3.63) is 60.1 Å². The number of amides is 4. The van der Waals surface area contributed by atoms with Crippen LogP contribution in [-0.2, 0) is 25.4 Å². The normalized spacial score (nSPS) is 23.7. The fraction of sp³-hybridized carbons (Fsp3) is 0.469. The van der Waals surface area contributed by atoms with Gasteiger partial charge in [-0.3, -0.25) is 29.0 Å². The molecule has 3 saturated heterocycles. The van der Waals surface area contributed by atoms with E-state index in [0.717, 1.165) is 17.0 Å². The molecule has 4 aliphatic rings. The van der Waals surface area contributed by atoms with E-state index < -0.39 is 47.4 Å². The Morgan fingerprint density at radius 1 is 1.02 bits per heavy atom. The molecule has 3 fully saturated rings. The molecule has 4 amide bonds. The molecule has 1 aromatic heterocycles. The Morgan fingerprint density at radius 3 is 2.47 bits per heavy atom. The number of hydrogen-bond donors (Lipinski definition) is 0. The number of fused-ring (bicyclic) bond motifs is 3. The van der Waals surface area contributed by atoms with Gasteiger partial charge in [-0.25, -0.2) is 9.37 Å². The third-order valence-corrected chi connectivity index (χ3v) is 9.50. The Labute approximate surface area is 269 Å². The SMILES string of the molecule is C=CC(=O)N1CCN2CCN(CCN3C[C@H]4CC(=O)N(c5cc(C(F)(F)F)cc(C)n5)[C@@H]4C(=O)N(C)c4cccc(F)c43)C(=O)[C@H]2C1. The van der Waals surface area contributed by atoms with Crippen molar-refractivity contribution in [2.45, 2.75) is 31.6 Å². The van der Waals surface area contributed by atoms with Gasteiger partial charge in [0.15, 0.2) is 0 Å². The van der Waals surface area contributed by atoms with Crippen LogP contribution < -0.4 is 14.7 Å². The minimum atomic E-state index is -4.69. The largest absolute Gasteiger partial charge is 0.416 e. The topological polar surface area (TPSA) is 101 Å². The first-order valence-corrected chi connectivity index (χ1v) is 15.4. The third kappa shape index (κ3) is 5.92. The van der Waals surface area contributed by atoms with Crippen LogP contribution >= 0.6 is 0 Å². The predicted octanol–water partition coefficient (Wildman–Crippen LogP) is 2.29. The molecule has 15 heteroatoms. The second-order valence-electron chi connectivity index (χ2n) is 12.3. The fourth-order valence-electron chi connectivity index (χ4n) is 7.15. The van der Waals surface area contributed by atoms with Crippen molar-refractivity contribution in [3.8, 4) is 0 Å². The van der Waals surface area contributed by atoms with Gasteiger partial charge < -0.3 is 19.6 Å². The van der Waals surface area contributed by atoms with E-state index in [1.54, 1.807) is 20.8 Å². The van der Waals surface area contributed by atoms with Crippen molar-refractivity contribution >= 4 is 40.8 Å². The van der Waals surface area contributed by atoms with Crippen LogP contribution in [0.1, 0.15) is 17.7 Å². The van der Waals surface area contributed by atoms with Gasteiger partial charge >= 0.3 is 6.18 Å². The molecule has 6 rings (SSSR count). The first-order chi connectivity index (χ1) is 22.3. The van der Waals surface area contributed by atoms with Gasteiger partial charge in [-0.2, -0.15) is 13.2 Å². The van der Waals surface area contributed by atoms with Crippen LogP contribution in [0.25, 0.3) is 0 Å². The molecule has 0 unspecified atom stereocenters. The summed E-state index contributed by atoms with van der Waals surface area (Å²) < 4.78 is 56.7. The van der Waals surface area contributed by atoms with E-state index in [9.17, 15) is 32.3 Å². The lowest BCUT2D eigenvalue weighted by Crippen LogP contribution is -2.65. The zero-order chi connectivity index (χ0) is 33.8. The monoisotopic (exact) mass is 657 g/mol. The number of aryl methyl sites for hydroxylation is 1. The smallest absolute Gasteiger partial charge is 0.365 e. The van der Waals surface area contributed by atoms with E-state index in [1.807, 2.05) is 4.90 Å². The number of halogens is 4. The molecule has 0 N–H and O–H groups in total. The molecular weight excluding hydrogens is 622 g/mol. The van der Waals surface area contributed by atoms with Gasteiger partial charge in [0.2, 0.25) is 23.6 Å². The summed E-state index contributed by atoms with van der Waals surface area (Å²) in [5.74, 6) is -3.13. The summed E-state index contributed by atoms with van der Waals surface area (Å²) >= 11 is 0. The number of likely N-dealkylation sites (N-methyl/N-ethyl adjacent to an activating group) is 1. The van der Waals surface area contributed by atoms with Crippen LogP contribution in [-0.4, -0.2) is 115 Å². The number of pyridine rings is 1. The lowest BCUT2D eigenvalue weighted by atomic mass is 9.95. The zero-order valence-electron chi connectivity index (χ0n) is 26.0. The van der Waals surface area contributed by atoms with E-state index in [4.69, 9.17) is 0 Å². The maximum Gasteiger partial charge on any atom is 0.416 e. The number of carbonyl (C=O) groups is 4. The van der Waals surface area contributed by atoms with Crippen molar-refractivity contribution in [2.75, 3.05) is 74.1 Å². The Hall–Kier alpha value is -4.53. The van der Waals surface area contributed by atoms with Crippen LogP contribution in [0, 0.1) is 18.7 Å². The van der Waals surface area contributed by atoms with Crippen molar-refractivity contribution in [2.24, 2.45) is 5.92 Å². The number of benzene rings is 1. The van der Waals surface area contributed by atoms with Crippen LogP contribution in [0.2, 0.25) is 0 Å². The Kier molecular flexibility index (Phi) is 8.45. The molecule has 1 aromatic carbocycles. The summed E-state index contributed by atoms with van der Waals surface area (Å²) in [6.07, 6.45) is -3.64. The van der Waals surface area contributed by atoms with Gasteiger partial charge in [0.05, 0.1) is 16.9 Å². The highest BCUT2D eigenvalue weighted by atomic mass is 19.4. The highest BCUT2D eigenvalue weighted by Gasteiger charge is 2.50. The van der Waals surface area contributed by atoms with E-state index in [-0.39, 0.29) is 67.3 Å². The molecular formula is C32H35F4N7O4. The molecule has 250 valence electrons. The fourth-order valence-corrected chi connectivity index (χ4v) is 7.15. The number of carbonyl (C=O) groups excluding carboxylic acids is 4. The summed E-state index contributed by atoms with van der Waals surface area (Å²) in [5, 5.41) is 0. The molecule has 5 heterocycles. The average Bonchev–Trinajstić information content (AvgIpc) is 3.36. The second kappa shape index (κ2) is 12.2. The minimum Gasteiger partial charge on any atom is -0.365 e. The number of anilines is 3. The summed E-state index contributed by atoms with van der Waals surface area (Å²) in [6.45, 7) is 7.63. The lowest BCUT2D eigenvalue weighted by Gasteiger charge is -2.46. The van der Waals surface area contributed by atoms with Crippen LogP contribution in [0.3, 0.4) is 0 Å². The summed E-state index contributed by atoms with van der Waals surface area (Å²) in [5.41, 5.74) is -0.599. The molecule has 2 aromatic rings. The summed E-state index contributed by atoms with van der Waals surface area (Å²) in [4.78, 5) is 66.8. The number of rotatable bonds is 5. The zero-order valence-corrected chi connectivity index (χ0v) is 26.0. The van der Waals surface area contributed by atoms with E-state index in [2.05, 4.69) is 11.6 Å². The first-order valence-electron chi connectivity index (χ1n) is 15.4. The second-order valence-corrected chi connectivity index (χ2v) is 12.3. The van der Waals surface area contributed by atoms with E-state index in [1.165, 1.54) is 37.1 Å². The van der Waals surface area contributed by atoms with E-state index in [0.29, 0.717) is 26.2 Å². The number of hydrogen-bond acceptors (Lipinski definition) is 7. The quantitative estimate of drug-likeness (QED) is 0.360. The summed E-state index contributed by atoms with van der Waals surface area (Å²) in [6, 6.07) is 4.21. The molecule has 4 aliphatic heterocycles. The van der Waals surface area contributed by atoms with Gasteiger partial charge in [-0.15, -0.1) is 0 Å². The van der Waals surface area contributed by atoms with Crippen LogP contribution in [0.4, 0.5) is 34.8 Å². The molecule has 11 nitrogen and oxygen atoms in total. The first kappa shape index (κ1) is 32.4. The van der Waals surface area contributed by atoms with Crippen molar-refractivity contribution < 1.29 is 36.7 Å². The number of piperazine rings is 2. The summed E-state index contributed by atoms with van der Waals surface area (Å²) in [7, 11) is 1.44. The van der Waals surface area contributed by atoms with Crippen LogP contribution in [0.5, 0.6) is 0 Å². The number of para-hydroxylation sites is 1. The molecule has 3 atom stereocenters. The van der Waals surface area contributed by atoms with E-state index >= 15 is 4.39 Å². The van der Waals surface area contributed by atoms with Gasteiger partial charge in [0, 0.05) is 77.4 Å². The molecule has 0 radical (unpaired) electrons. The molecule has 0 aliphatic carbocycles. The third-order valence-electron chi connectivity index (χ3n) is 9.50. The highest BCUT2D eigenvalue weighted by molar-refractivity contribution is 6.10. The van der Waals surface area contributed by atoms with Gasteiger partial charge in [0.25, 0.3) is 0 Å². The number of nitrogens with zero attached hydrogens (tertiary/aromatic N) is 7. The molecule has 0 saturated carbocycles. The number of aromatic nitrogens is 1. The van der Waals surface area contributed by atoms with Gasteiger partial charge in [0.1, 0.15) is 23.7 Å². The Bertz CT molecular complexity index is 1630. The van der Waals surface area contributed by atoms with Crippen molar-refractivity contribution in [1.82, 2.24) is 19.7 Å². The predicted molar refractivity (Wildman–Crippen MR) is 164 cm³/mol. The van der Waals surface area contributed by atoms with Crippen LogP contribution in [0.15, 0.2) is 43.0 Å². The van der Waals surface area contributed by atoms with Gasteiger partial charge in [-0.1, -0.05) is 12.6 Å².